The van der Waals surface area contributed by atoms with Gasteiger partial charge in [-0.3, -0.25) is 4.68 Å². The Balaban J connectivity index is 1.55. The molecule has 2 aliphatic heterocycles. The number of hydrogen-bond donors (Lipinski definition) is 1. The fourth-order valence-corrected chi connectivity index (χ4v) is 4.36. The zero-order valence-corrected chi connectivity index (χ0v) is 13.5. The van der Waals surface area contributed by atoms with Crippen LogP contribution in [0.2, 0.25) is 0 Å². The molecule has 0 aromatic carbocycles. The highest BCUT2D eigenvalue weighted by atomic mass is 16.5. The van der Waals surface area contributed by atoms with Crippen LogP contribution in [0.3, 0.4) is 0 Å². The van der Waals surface area contributed by atoms with E-state index in [1.807, 2.05) is 6.20 Å². The third-order valence-electron chi connectivity index (χ3n) is 5.85. The topological polar surface area (TPSA) is 50.5 Å². The van der Waals surface area contributed by atoms with E-state index in [0.717, 1.165) is 43.9 Å². The van der Waals surface area contributed by atoms with E-state index < -0.39 is 6.10 Å². The van der Waals surface area contributed by atoms with Gasteiger partial charge in [-0.25, -0.2) is 0 Å². The molecule has 22 heavy (non-hydrogen) atoms. The van der Waals surface area contributed by atoms with Crippen molar-refractivity contribution < 1.29 is 9.84 Å². The van der Waals surface area contributed by atoms with Crippen LogP contribution in [0.1, 0.15) is 69.7 Å². The zero-order valence-electron chi connectivity index (χ0n) is 13.5. The quantitative estimate of drug-likeness (QED) is 0.912. The average Bonchev–Trinajstić information content (AvgIpc) is 3.16. The Morgan fingerprint density at radius 2 is 2.05 bits per heavy atom. The molecule has 1 saturated carbocycles. The van der Waals surface area contributed by atoms with Crippen LogP contribution in [0.4, 0.5) is 0 Å². The molecule has 1 aliphatic carbocycles. The van der Waals surface area contributed by atoms with Gasteiger partial charge in [0.05, 0.1) is 12.2 Å². The largest absolute Gasteiger partial charge is 0.483 e. The van der Waals surface area contributed by atoms with Crippen LogP contribution in [-0.4, -0.2) is 45.0 Å². The van der Waals surface area contributed by atoms with Crippen molar-refractivity contribution in [2.75, 3.05) is 19.6 Å². The average molecular weight is 305 g/mol. The number of fused-ring (bicyclic) bond motifs is 1. The van der Waals surface area contributed by atoms with Crippen molar-refractivity contribution in [3.05, 3.63) is 11.9 Å². The van der Waals surface area contributed by atoms with E-state index in [9.17, 15) is 5.11 Å². The molecule has 1 atom stereocenters. The number of likely N-dealkylation sites (tertiary alicyclic amines) is 1. The van der Waals surface area contributed by atoms with E-state index in [1.165, 1.54) is 25.7 Å². The van der Waals surface area contributed by atoms with E-state index in [1.54, 1.807) is 0 Å². The predicted molar refractivity (Wildman–Crippen MR) is 84.0 cm³/mol. The number of piperidine rings is 1. The van der Waals surface area contributed by atoms with Gasteiger partial charge in [0, 0.05) is 19.5 Å². The second-order valence-electron chi connectivity index (χ2n) is 7.24. The summed E-state index contributed by atoms with van der Waals surface area (Å²) in [5.41, 5.74) is 0.581. The predicted octanol–water partition coefficient (Wildman–Crippen LogP) is 2.67. The normalized spacial score (nSPS) is 28.7. The molecule has 3 aliphatic rings. The Morgan fingerprint density at radius 3 is 2.73 bits per heavy atom. The molecule has 1 saturated heterocycles. The minimum absolute atomic E-state index is 0.179. The number of rotatable bonds is 2. The molecule has 0 amide bonds. The summed E-state index contributed by atoms with van der Waals surface area (Å²) in [6.45, 7) is 5.44. The van der Waals surface area contributed by atoms with Gasteiger partial charge < -0.3 is 14.7 Å². The van der Waals surface area contributed by atoms with Crippen LogP contribution in [0, 0.1) is 0 Å². The van der Waals surface area contributed by atoms with Crippen molar-refractivity contribution >= 4 is 0 Å². The van der Waals surface area contributed by atoms with Gasteiger partial charge in [0.25, 0.3) is 0 Å². The monoisotopic (exact) mass is 305 g/mol. The SMILES string of the molecule is CCN1CCC2(CC1)CC(O)c1nn(C3CCCC3)cc1O2. The summed E-state index contributed by atoms with van der Waals surface area (Å²) in [7, 11) is 0. The molecule has 122 valence electrons. The second-order valence-corrected chi connectivity index (χ2v) is 7.24. The maximum Gasteiger partial charge on any atom is 0.163 e. The second kappa shape index (κ2) is 5.53. The van der Waals surface area contributed by atoms with Crippen molar-refractivity contribution in [3.8, 4) is 5.75 Å². The Hall–Kier alpha value is -1.07. The third-order valence-corrected chi connectivity index (χ3v) is 5.85. The number of aliphatic hydroxyl groups excluding tert-OH is 1. The number of ether oxygens (including phenoxy) is 1. The van der Waals surface area contributed by atoms with Gasteiger partial charge in [-0.1, -0.05) is 19.8 Å². The van der Waals surface area contributed by atoms with Crippen LogP contribution in [-0.2, 0) is 0 Å². The van der Waals surface area contributed by atoms with Gasteiger partial charge in [0.2, 0.25) is 0 Å². The first-order valence-corrected chi connectivity index (χ1v) is 8.87. The van der Waals surface area contributed by atoms with Crippen molar-refractivity contribution in [2.24, 2.45) is 0 Å². The minimum Gasteiger partial charge on any atom is -0.483 e. The fraction of sp³-hybridized carbons (Fsp3) is 0.824. The third kappa shape index (κ3) is 2.44. The van der Waals surface area contributed by atoms with Crippen LogP contribution < -0.4 is 4.74 Å². The highest BCUT2D eigenvalue weighted by Gasteiger charge is 2.44. The highest BCUT2D eigenvalue weighted by Crippen LogP contribution is 2.44. The molecule has 1 N–H and O–H groups in total. The molecule has 2 fully saturated rings. The van der Waals surface area contributed by atoms with Crippen molar-refractivity contribution in [3.63, 3.8) is 0 Å². The molecular formula is C17H27N3O2. The fourth-order valence-electron chi connectivity index (χ4n) is 4.36. The molecular weight excluding hydrogens is 278 g/mol. The van der Waals surface area contributed by atoms with Gasteiger partial charge in [-0.05, 0) is 32.2 Å². The first-order chi connectivity index (χ1) is 10.7. The number of hydrogen-bond acceptors (Lipinski definition) is 4. The lowest BCUT2D eigenvalue weighted by Gasteiger charge is -2.44. The van der Waals surface area contributed by atoms with Gasteiger partial charge in [0.1, 0.15) is 17.4 Å². The summed E-state index contributed by atoms with van der Waals surface area (Å²) >= 11 is 0. The van der Waals surface area contributed by atoms with E-state index >= 15 is 0 Å². The molecule has 1 spiro atoms. The lowest BCUT2D eigenvalue weighted by molar-refractivity contribution is -0.0539. The van der Waals surface area contributed by atoms with E-state index in [0.29, 0.717) is 12.5 Å². The summed E-state index contributed by atoms with van der Waals surface area (Å²) in [5, 5.41) is 15.2. The van der Waals surface area contributed by atoms with Gasteiger partial charge >= 0.3 is 0 Å². The van der Waals surface area contributed by atoms with Crippen LogP contribution in [0.25, 0.3) is 0 Å². The smallest absolute Gasteiger partial charge is 0.163 e. The van der Waals surface area contributed by atoms with E-state index in [4.69, 9.17) is 4.74 Å². The van der Waals surface area contributed by atoms with E-state index in [-0.39, 0.29) is 5.60 Å². The molecule has 5 nitrogen and oxygen atoms in total. The Kier molecular flexibility index (Phi) is 3.65. The van der Waals surface area contributed by atoms with Crippen LogP contribution in [0.15, 0.2) is 6.20 Å². The summed E-state index contributed by atoms with van der Waals surface area (Å²) in [4.78, 5) is 2.46. The summed E-state index contributed by atoms with van der Waals surface area (Å²) < 4.78 is 8.45. The Morgan fingerprint density at radius 1 is 1.32 bits per heavy atom. The maximum absolute atomic E-state index is 10.6. The molecule has 0 radical (unpaired) electrons. The lowest BCUT2D eigenvalue weighted by Crippen LogP contribution is -2.50. The molecule has 0 bridgehead atoms. The molecule has 5 heteroatoms. The Bertz CT molecular complexity index is 528. The number of aliphatic hydroxyl groups is 1. The molecule has 3 heterocycles. The standard InChI is InChI=1S/C17H27N3O2/c1-2-19-9-7-17(8-10-19)11-14(21)16-15(22-17)12-20(18-16)13-5-3-4-6-13/h12-14,21H,2-11H2,1H3. The van der Waals surface area contributed by atoms with Gasteiger partial charge in [0.15, 0.2) is 5.75 Å². The lowest BCUT2D eigenvalue weighted by atomic mass is 9.83. The maximum atomic E-state index is 10.6. The summed E-state index contributed by atoms with van der Waals surface area (Å²) in [5.74, 6) is 0.829. The van der Waals surface area contributed by atoms with Crippen LogP contribution in [0.5, 0.6) is 5.75 Å². The summed E-state index contributed by atoms with van der Waals surface area (Å²) in [6.07, 6.45) is 9.25. The number of nitrogens with zero attached hydrogens (tertiary/aromatic N) is 3. The van der Waals surface area contributed by atoms with Crippen molar-refractivity contribution in [1.29, 1.82) is 0 Å². The molecule has 4 rings (SSSR count). The Labute approximate surface area is 132 Å². The summed E-state index contributed by atoms with van der Waals surface area (Å²) in [6, 6.07) is 0.499. The molecule has 1 aromatic heterocycles. The van der Waals surface area contributed by atoms with Gasteiger partial charge in [-0.15, -0.1) is 0 Å². The van der Waals surface area contributed by atoms with Crippen molar-refractivity contribution in [1.82, 2.24) is 14.7 Å². The first kappa shape index (κ1) is 14.5. The van der Waals surface area contributed by atoms with Crippen LogP contribution >= 0.6 is 0 Å². The van der Waals surface area contributed by atoms with Gasteiger partial charge in [-0.2, -0.15) is 5.10 Å². The first-order valence-electron chi connectivity index (χ1n) is 8.87. The number of aromatic nitrogens is 2. The van der Waals surface area contributed by atoms with Crippen molar-refractivity contribution in [2.45, 2.75) is 69.6 Å². The minimum atomic E-state index is -0.473. The van der Waals surface area contributed by atoms with E-state index in [2.05, 4.69) is 21.6 Å². The zero-order chi connectivity index (χ0) is 15.2. The molecule has 1 unspecified atom stereocenters. The molecule has 1 aromatic rings. The highest BCUT2D eigenvalue weighted by molar-refractivity contribution is 5.31.